The molecule has 2 aliphatic rings. The summed E-state index contributed by atoms with van der Waals surface area (Å²) in [5, 5.41) is 3.76. The van der Waals surface area contributed by atoms with Gasteiger partial charge in [-0.25, -0.2) is 4.79 Å². The number of rotatable bonds is 2. The molecule has 1 aromatic carbocycles. The highest BCUT2D eigenvalue weighted by Crippen LogP contribution is 2.18. The zero-order valence-corrected chi connectivity index (χ0v) is 14.6. The smallest absolute Gasteiger partial charge is 0.317 e. The maximum atomic E-state index is 12.5. The molecule has 0 atom stereocenters. The number of piperazine rings is 1. The number of nitrogens with one attached hydrogen (secondary N) is 1. The van der Waals surface area contributed by atoms with Crippen molar-refractivity contribution in [1.82, 2.24) is 15.1 Å². The van der Waals surface area contributed by atoms with Crippen LogP contribution < -0.4 is 5.32 Å². The molecule has 5 nitrogen and oxygen atoms in total. The van der Waals surface area contributed by atoms with E-state index in [2.05, 4.69) is 5.32 Å². The molecule has 0 bridgehead atoms. The molecule has 3 rings (SSSR count). The summed E-state index contributed by atoms with van der Waals surface area (Å²) in [6.45, 7) is 2.30. The van der Waals surface area contributed by atoms with Gasteiger partial charge >= 0.3 is 6.03 Å². The third-order valence-electron chi connectivity index (χ3n) is 4.88. The molecule has 0 spiro atoms. The van der Waals surface area contributed by atoms with E-state index in [9.17, 15) is 9.59 Å². The Bertz CT molecular complexity index is 576. The molecule has 6 heteroatoms. The van der Waals surface area contributed by atoms with E-state index in [4.69, 9.17) is 11.6 Å². The van der Waals surface area contributed by atoms with Crippen LogP contribution in [0.4, 0.5) is 4.79 Å². The predicted octanol–water partition coefficient (Wildman–Crippen LogP) is 3.14. The fraction of sp³-hybridized carbons (Fsp3) is 0.556. The van der Waals surface area contributed by atoms with E-state index in [1.807, 2.05) is 4.90 Å². The molecule has 1 N–H and O–H groups in total. The molecule has 2 fully saturated rings. The second-order valence-corrected chi connectivity index (χ2v) is 7.01. The van der Waals surface area contributed by atoms with E-state index in [1.165, 1.54) is 19.3 Å². The third-order valence-corrected chi connectivity index (χ3v) is 5.13. The Morgan fingerprint density at radius 3 is 2.12 bits per heavy atom. The van der Waals surface area contributed by atoms with Crippen molar-refractivity contribution < 1.29 is 9.59 Å². The Balaban J connectivity index is 1.48. The molecule has 130 valence electrons. The first-order valence-corrected chi connectivity index (χ1v) is 9.11. The van der Waals surface area contributed by atoms with Crippen LogP contribution in [0.1, 0.15) is 42.5 Å². The van der Waals surface area contributed by atoms with Gasteiger partial charge in [0, 0.05) is 42.8 Å². The van der Waals surface area contributed by atoms with Crippen molar-refractivity contribution in [2.45, 2.75) is 38.1 Å². The summed E-state index contributed by atoms with van der Waals surface area (Å²) in [5.74, 6) is -0.000921. The zero-order valence-electron chi connectivity index (χ0n) is 13.8. The highest BCUT2D eigenvalue weighted by Gasteiger charge is 2.26. The third kappa shape index (κ3) is 4.20. The molecule has 0 radical (unpaired) electrons. The van der Waals surface area contributed by atoms with Crippen molar-refractivity contribution in [2.75, 3.05) is 26.2 Å². The summed E-state index contributed by atoms with van der Waals surface area (Å²) in [7, 11) is 0. The van der Waals surface area contributed by atoms with E-state index in [0.717, 1.165) is 12.8 Å². The van der Waals surface area contributed by atoms with Gasteiger partial charge in [0.2, 0.25) is 0 Å². The van der Waals surface area contributed by atoms with Gasteiger partial charge in [-0.1, -0.05) is 30.9 Å². The van der Waals surface area contributed by atoms with Crippen LogP contribution in [0.5, 0.6) is 0 Å². The number of benzene rings is 1. The fourth-order valence-electron chi connectivity index (χ4n) is 3.40. The first-order valence-electron chi connectivity index (χ1n) is 8.74. The predicted molar refractivity (Wildman–Crippen MR) is 94.3 cm³/mol. The molecule has 1 saturated heterocycles. The number of hydrogen-bond donors (Lipinski definition) is 1. The Morgan fingerprint density at radius 2 is 1.50 bits per heavy atom. The van der Waals surface area contributed by atoms with Crippen LogP contribution >= 0.6 is 11.6 Å². The normalized spacial score (nSPS) is 19.2. The van der Waals surface area contributed by atoms with Gasteiger partial charge in [0.25, 0.3) is 5.91 Å². The number of urea groups is 1. The van der Waals surface area contributed by atoms with Crippen LogP contribution in [0, 0.1) is 0 Å². The maximum Gasteiger partial charge on any atom is 0.317 e. The first kappa shape index (κ1) is 17.1. The van der Waals surface area contributed by atoms with Crippen LogP contribution in [-0.4, -0.2) is 54.0 Å². The Labute approximate surface area is 147 Å². The summed E-state index contributed by atoms with van der Waals surface area (Å²) < 4.78 is 0. The van der Waals surface area contributed by atoms with Crippen LogP contribution in [-0.2, 0) is 0 Å². The molecule has 3 amide bonds. The minimum absolute atomic E-state index is 0.000921. The van der Waals surface area contributed by atoms with E-state index in [-0.39, 0.29) is 11.9 Å². The summed E-state index contributed by atoms with van der Waals surface area (Å²) in [6.07, 6.45) is 5.85. The SMILES string of the molecule is O=C(NC1CCCCC1)N1CCN(C(=O)c2ccc(Cl)cc2)CC1. The molecule has 1 aromatic rings. The van der Waals surface area contributed by atoms with E-state index in [1.54, 1.807) is 29.2 Å². The van der Waals surface area contributed by atoms with Gasteiger partial charge in [0.1, 0.15) is 0 Å². The highest BCUT2D eigenvalue weighted by molar-refractivity contribution is 6.30. The lowest BCUT2D eigenvalue weighted by molar-refractivity contribution is 0.0662. The van der Waals surface area contributed by atoms with Gasteiger partial charge in [-0.2, -0.15) is 0 Å². The molecule has 1 heterocycles. The van der Waals surface area contributed by atoms with Crippen LogP contribution in [0.15, 0.2) is 24.3 Å². The Morgan fingerprint density at radius 1 is 0.917 bits per heavy atom. The molecule has 0 unspecified atom stereocenters. The minimum Gasteiger partial charge on any atom is -0.335 e. The summed E-state index contributed by atoms with van der Waals surface area (Å²) in [5.41, 5.74) is 0.638. The molecule has 0 aromatic heterocycles. The Hall–Kier alpha value is -1.75. The second-order valence-electron chi connectivity index (χ2n) is 6.57. The standard InChI is InChI=1S/C18H24ClN3O2/c19-15-8-6-14(7-9-15)17(23)21-10-12-22(13-11-21)18(24)20-16-4-2-1-3-5-16/h6-9,16H,1-5,10-13H2,(H,20,24). The average Bonchev–Trinajstić information content (AvgIpc) is 2.63. The summed E-state index contributed by atoms with van der Waals surface area (Å²) in [4.78, 5) is 28.4. The minimum atomic E-state index is -0.000921. The highest BCUT2D eigenvalue weighted by atomic mass is 35.5. The number of hydrogen-bond acceptors (Lipinski definition) is 2. The quantitative estimate of drug-likeness (QED) is 0.891. The van der Waals surface area contributed by atoms with Crippen LogP contribution in [0.25, 0.3) is 0 Å². The molecule has 1 saturated carbocycles. The molecular formula is C18H24ClN3O2. The summed E-state index contributed by atoms with van der Waals surface area (Å²) >= 11 is 5.86. The van der Waals surface area contributed by atoms with Crippen molar-refractivity contribution in [2.24, 2.45) is 0 Å². The summed E-state index contributed by atoms with van der Waals surface area (Å²) in [6, 6.07) is 7.27. The van der Waals surface area contributed by atoms with E-state index < -0.39 is 0 Å². The van der Waals surface area contributed by atoms with Gasteiger partial charge in [-0.3, -0.25) is 4.79 Å². The van der Waals surface area contributed by atoms with E-state index in [0.29, 0.717) is 42.8 Å². The Kier molecular flexibility index (Phi) is 5.61. The van der Waals surface area contributed by atoms with Gasteiger partial charge in [0.05, 0.1) is 0 Å². The average molecular weight is 350 g/mol. The largest absolute Gasteiger partial charge is 0.335 e. The lowest BCUT2D eigenvalue weighted by atomic mass is 9.96. The second kappa shape index (κ2) is 7.88. The fourth-order valence-corrected chi connectivity index (χ4v) is 3.53. The molecular weight excluding hydrogens is 326 g/mol. The number of halogens is 1. The van der Waals surface area contributed by atoms with E-state index >= 15 is 0 Å². The molecule has 24 heavy (non-hydrogen) atoms. The van der Waals surface area contributed by atoms with Gasteiger partial charge in [-0.15, -0.1) is 0 Å². The van der Waals surface area contributed by atoms with Crippen LogP contribution in [0.2, 0.25) is 5.02 Å². The molecule has 1 aliphatic carbocycles. The number of carbonyl (C=O) groups is 2. The van der Waals surface area contributed by atoms with Gasteiger partial charge in [0.15, 0.2) is 0 Å². The van der Waals surface area contributed by atoms with Crippen molar-refractivity contribution in [1.29, 1.82) is 0 Å². The first-order chi connectivity index (χ1) is 11.6. The lowest BCUT2D eigenvalue weighted by Crippen LogP contribution is -2.54. The lowest BCUT2D eigenvalue weighted by Gasteiger charge is -2.36. The van der Waals surface area contributed by atoms with Crippen LogP contribution in [0.3, 0.4) is 0 Å². The van der Waals surface area contributed by atoms with Crippen molar-refractivity contribution in [3.05, 3.63) is 34.9 Å². The van der Waals surface area contributed by atoms with Crippen molar-refractivity contribution in [3.63, 3.8) is 0 Å². The monoisotopic (exact) mass is 349 g/mol. The molecule has 1 aliphatic heterocycles. The van der Waals surface area contributed by atoms with Gasteiger partial charge in [-0.05, 0) is 37.1 Å². The van der Waals surface area contributed by atoms with Crippen molar-refractivity contribution >= 4 is 23.5 Å². The number of carbonyl (C=O) groups excluding carboxylic acids is 2. The van der Waals surface area contributed by atoms with Crippen molar-refractivity contribution in [3.8, 4) is 0 Å². The number of nitrogens with zero attached hydrogens (tertiary/aromatic N) is 2. The maximum absolute atomic E-state index is 12.5. The topological polar surface area (TPSA) is 52.7 Å². The zero-order chi connectivity index (χ0) is 16.9. The van der Waals surface area contributed by atoms with Gasteiger partial charge < -0.3 is 15.1 Å². The number of amides is 3.